The third kappa shape index (κ3) is 4.13. The molecular weight excluding hydrogens is 268 g/mol. The predicted molar refractivity (Wildman–Crippen MR) is 73.7 cm³/mol. The maximum Gasteiger partial charge on any atom is 0.288 e. The van der Waals surface area contributed by atoms with Crippen LogP contribution >= 0.6 is 11.8 Å². The summed E-state index contributed by atoms with van der Waals surface area (Å²) < 4.78 is 24.8. The SMILES string of the molecule is Oc1ccc(CNc2ccccc2SC(F)F)cc1. The van der Waals surface area contributed by atoms with Crippen molar-refractivity contribution in [2.75, 3.05) is 5.32 Å². The maximum atomic E-state index is 12.4. The molecule has 0 heterocycles. The van der Waals surface area contributed by atoms with Gasteiger partial charge >= 0.3 is 0 Å². The molecule has 2 aromatic carbocycles. The minimum atomic E-state index is -2.43. The Hall–Kier alpha value is -1.75. The van der Waals surface area contributed by atoms with Crippen molar-refractivity contribution < 1.29 is 13.9 Å². The summed E-state index contributed by atoms with van der Waals surface area (Å²) in [5.41, 5.74) is 1.65. The van der Waals surface area contributed by atoms with Crippen LogP contribution in [0.3, 0.4) is 0 Å². The number of thioether (sulfide) groups is 1. The zero-order valence-electron chi connectivity index (χ0n) is 10.0. The summed E-state index contributed by atoms with van der Waals surface area (Å²) in [6.45, 7) is 0.515. The number of anilines is 1. The first-order valence-electron chi connectivity index (χ1n) is 5.71. The van der Waals surface area contributed by atoms with Gasteiger partial charge in [0.15, 0.2) is 0 Å². The van der Waals surface area contributed by atoms with Crippen molar-refractivity contribution in [3.05, 3.63) is 54.1 Å². The van der Waals surface area contributed by atoms with Crippen LogP contribution in [0.15, 0.2) is 53.4 Å². The average molecular weight is 281 g/mol. The third-order valence-corrected chi connectivity index (χ3v) is 3.31. The van der Waals surface area contributed by atoms with Crippen LogP contribution in [-0.4, -0.2) is 10.9 Å². The molecule has 0 aliphatic rings. The Bertz CT molecular complexity index is 531. The molecule has 2 nitrogen and oxygen atoms in total. The van der Waals surface area contributed by atoms with Gasteiger partial charge in [-0.25, -0.2) is 0 Å². The van der Waals surface area contributed by atoms with E-state index in [4.69, 9.17) is 0 Å². The normalized spacial score (nSPS) is 10.7. The first-order valence-corrected chi connectivity index (χ1v) is 6.59. The minimum Gasteiger partial charge on any atom is -0.508 e. The molecule has 0 radical (unpaired) electrons. The van der Waals surface area contributed by atoms with Gasteiger partial charge in [-0.05, 0) is 29.8 Å². The van der Waals surface area contributed by atoms with Crippen LogP contribution in [0.25, 0.3) is 0 Å². The molecule has 2 rings (SSSR count). The van der Waals surface area contributed by atoms with E-state index in [2.05, 4.69) is 5.32 Å². The first kappa shape index (κ1) is 13.7. The summed E-state index contributed by atoms with van der Waals surface area (Å²) >= 11 is 0.527. The molecule has 2 N–H and O–H groups in total. The van der Waals surface area contributed by atoms with Crippen molar-refractivity contribution in [2.45, 2.75) is 17.2 Å². The van der Waals surface area contributed by atoms with E-state index in [9.17, 15) is 13.9 Å². The van der Waals surface area contributed by atoms with E-state index >= 15 is 0 Å². The van der Waals surface area contributed by atoms with Crippen LogP contribution < -0.4 is 5.32 Å². The topological polar surface area (TPSA) is 32.3 Å². The second-order valence-corrected chi connectivity index (χ2v) is 4.93. The standard InChI is InChI=1S/C14H13F2NOS/c15-14(16)19-13-4-2-1-3-12(13)17-9-10-5-7-11(18)8-6-10/h1-8,14,17-18H,9H2. The highest BCUT2D eigenvalue weighted by Crippen LogP contribution is 2.31. The Balaban J connectivity index is 2.04. The number of hydrogen-bond donors (Lipinski definition) is 2. The number of hydrogen-bond acceptors (Lipinski definition) is 3. The zero-order chi connectivity index (χ0) is 13.7. The lowest BCUT2D eigenvalue weighted by Crippen LogP contribution is -2.00. The Morgan fingerprint density at radius 3 is 2.42 bits per heavy atom. The van der Waals surface area contributed by atoms with Crippen LogP contribution in [0.5, 0.6) is 5.75 Å². The Kier molecular flexibility index (Phi) is 4.63. The third-order valence-electron chi connectivity index (χ3n) is 2.52. The lowest BCUT2D eigenvalue weighted by Gasteiger charge is -2.11. The van der Waals surface area contributed by atoms with Gasteiger partial charge in [0.05, 0.1) is 0 Å². The van der Waals surface area contributed by atoms with Crippen molar-refractivity contribution in [3.8, 4) is 5.75 Å². The molecule has 0 aliphatic carbocycles. The molecule has 0 saturated carbocycles. The first-order chi connectivity index (χ1) is 9.15. The van der Waals surface area contributed by atoms with Crippen LogP contribution in [0, 0.1) is 0 Å². The zero-order valence-corrected chi connectivity index (χ0v) is 10.8. The number of para-hydroxylation sites is 1. The summed E-state index contributed by atoms with van der Waals surface area (Å²) in [4.78, 5) is 0.524. The molecular formula is C14H13F2NOS. The van der Waals surface area contributed by atoms with Gasteiger partial charge in [0.2, 0.25) is 0 Å². The smallest absolute Gasteiger partial charge is 0.288 e. The average Bonchev–Trinajstić information content (AvgIpc) is 2.39. The van der Waals surface area contributed by atoms with E-state index in [1.807, 2.05) is 0 Å². The molecule has 0 spiro atoms. The molecule has 0 saturated heterocycles. The number of phenols is 1. The number of alkyl halides is 2. The molecule has 0 amide bonds. The summed E-state index contributed by atoms with van der Waals surface area (Å²) in [5.74, 6) is -2.23. The number of benzene rings is 2. The van der Waals surface area contributed by atoms with Crippen LogP contribution in [0.2, 0.25) is 0 Å². The van der Waals surface area contributed by atoms with Crippen LogP contribution in [0.1, 0.15) is 5.56 Å². The fourth-order valence-electron chi connectivity index (χ4n) is 1.62. The maximum absolute atomic E-state index is 12.4. The van der Waals surface area contributed by atoms with Gasteiger partial charge in [0.25, 0.3) is 5.76 Å². The number of nitrogens with one attached hydrogen (secondary N) is 1. The fraction of sp³-hybridized carbons (Fsp3) is 0.143. The van der Waals surface area contributed by atoms with Crippen molar-refractivity contribution in [3.63, 3.8) is 0 Å². The quantitative estimate of drug-likeness (QED) is 0.801. The van der Waals surface area contributed by atoms with E-state index < -0.39 is 5.76 Å². The van der Waals surface area contributed by atoms with Crippen LogP contribution in [0.4, 0.5) is 14.5 Å². The van der Waals surface area contributed by atoms with Gasteiger partial charge in [-0.2, -0.15) is 8.78 Å². The Labute approximate surface area is 114 Å². The molecule has 2 aromatic rings. The highest BCUT2D eigenvalue weighted by Gasteiger charge is 2.09. The number of rotatable bonds is 5. The van der Waals surface area contributed by atoms with Crippen LogP contribution in [-0.2, 0) is 6.54 Å². The predicted octanol–water partition coefficient (Wildman–Crippen LogP) is 4.32. The molecule has 0 bridgehead atoms. The van der Waals surface area contributed by atoms with E-state index in [1.54, 1.807) is 48.5 Å². The van der Waals surface area contributed by atoms with E-state index in [0.717, 1.165) is 5.56 Å². The summed E-state index contributed by atoms with van der Waals surface area (Å²) in [6, 6.07) is 13.7. The molecule has 0 aromatic heterocycles. The fourth-order valence-corrected chi connectivity index (χ4v) is 2.24. The van der Waals surface area contributed by atoms with E-state index in [-0.39, 0.29) is 5.75 Å². The highest BCUT2D eigenvalue weighted by atomic mass is 32.2. The largest absolute Gasteiger partial charge is 0.508 e. The molecule has 0 unspecified atom stereocenters. The monoisotopic (exact) mass is 281 g/mol. The summed E-state index contributed by atoms with van der Waals surface area (Å²) in [6.07, 6.45) is 0. The second kappa shape index (κ2) is 6.43. The number of phenolic OH excluding ortho intramolecular Hbond substituents is 1. The van der Waals surface area contributed by atoms with Gasteiger partial charge in [-0.1, -0.05) is 36.0 Å². The van der Waals surface area contributed by atoms with Gasteiger partial charge in [0.1, 0.15) is 5.75 Å². The Morgan fingerprint density at radius 1 is 1.05 bits per heavy atom. The number of aromatic hydroxyl groups is 1. The van der Waals surface area contributed by atoms with Gasteiger partial charge in [0, 0.05) is 17.1 Å². The minimum absolute atomic E-state index is 0.206. The van der Waals surface area contributed by atoms with Gasteiger partial charge < -0.3 is 10.4 Å². The summed E-state index contributed by atoms with van der Waals surface area (Å²) in [5, 5.41) is 12.3. The van der Waals surface area contributed by atoms with Crippen molar-refractivity contribution in [1.29, 1.82) is 0 Å². The molecule has 5 heteroatoms. The summed E-state index contributed by atoms with van der Waals surface area (Å²) in [7, 11) is 0. The Morgan fingerprint density at radius 2 is 1.74 bits per heavy atom. The second-order valence-electron chi connectivity index (χ2n) is 3.89. The lowest BCUT2D eigenvalue weighted by atomic mass is 10.2. The van der Waals surface area contributed by atoms with Crippen molar-refractivity contribution >= 4 is 17.4 Å². The van der Waals surface area contributed by atoms with Gasteiger partial charge in [-0.15, -0.1) is 0 Å². The van der Waals surface area contributed by atoms with E-state index in [1.165, 1.54) is 0 Å². The molecule has 0 fully saturated rings. The van der Waals surface area contributed by atoms with Gasteiger partial charge in [-0.3, -0.25) is 0 Å². The van der Waals surface area contributed by atoms with Crippen molar-refractivity contribution in [2.24, 2.45) is 0 Å². The highest BCUT2D eigenvalue weighted by molar-refractivity contribution is 7.99. The molecule has 19 heavy (non-hydrogen) atoms. The molecule has 0 aliphatic heterocycles. The van der Waals surface area contributed by atoms with E-state index in [0.29, 0.717) is 28.9 Å². The lowest BCUT2D eigenvalue weighted by molar-refractivity contribution is 0.252. The molecule has 100 valence electrons. The number of halogens is 2. The molecule has 0 atom stereocenters. The van der Waals surface area contributed by atoms with Crippen molar-refractivity contribution in [1.82, 2.24) is 0 Å².